The molecule has 0 saturated carbocycles. The van der Waals surface area contributed by atoms with E-state index in [1.807, 2.05) is 0 Å². The van der Waals surface area contributed by atoms with Crippen LogP contribution in [0.3, 0.4) is 0 Å². The van der Waals surface area contributed by atoms with Crippen molar-refractivity contribution >= 4 is 0 Å². The Morgan fingerprint density at radius 2 is 1.92 bits per heavy atom. The minimum Gasteiger partial charge on any atom is -0.508 e. The van der Waals surface area contributed by atoms with Gasteiger partial charge in [0.2, 0.25) is 0 Å². The lowest BCUT2D eigenvalue weighted by atomic mass is 10.1. The van der Waals surface area contributed by atoms with Crippen molar-refractivity contribution in [3.05, 3.63) is 29.8 Å². The van der Waals surface area contributed by atoms with Crippen LogP contribution < -0.4 is 11.3 Å². The predicted octanol–water partition coefficient (Wildman–Crippen LogP) is -0.111. The molecule has 4 nitrogen and oxygen atoms in total. The molecule has 0 radical (unpaired) electrons. The molecular weight excluding hydrogens is 156 g/mol. The second-order valence-electron chi connectivity index (χ2n) is 2.52. The Kier molecular flexibility index (Phi) is 3.04. The average molecular weight is 168 g/mol. The number of rotatable bonds is 3. The van der Waals surface area contributed by atoms with Gasteiger partial charge >= 0.3 is 0 Å². The molecule has 1 rings (SSSR count). The maximum Gasteiger partial charge on any atom is 0.115 e. The molecule has 5 N–H and O–H groups in total. The summed E-state index contributed by atoms with van der Waals surface area (Å²) in [6.07, 6.45) is -0.629. The summed E-state index contributed by atoms with van der Waals surface area (Å²) in [5, 5.41) is 18.3. The first-order valence-electron chi connectivity index (χ1n) is 3.64. The highest BCUT2D eigenvalue weighted by atomic mass is 16.3. The number of nitrogens with two attached hydrogens (primary N) is 1. The van der Waals surface area contributed by atoms with Crippen LogP contribution >= 0.6 is 0 Å². The highest BCUT2D eigenvalue weighted by molar-refractivity contribution is 5.27. The Morgan fingerprint density at radius 1 is 1.33 bits per heavy atom. The van der Waals surface area contributed by atoms with Crippen molar-refractivity contribution in [2.75, 3.05) is 6.54 Å². The molecule has 0 aliphatic carbocycles. The van der Waals surface area contributed by atoms with Crippen LogP contribution in [0, 0.1) is 0 Å². The second-order valence-corrected chi connectivity index (χ2v) is 2.52. The SMILES string of the molecule is NNCC(O)c1ccc(O)cc1. The zero-order chi connectivity index (χ0) is 8.97. The Bertz CT molecular complexity index is 235. The number of nitrogens with one attached hydrogen (secondary N) is 1. The Labute approximate surface area is 70.6 Å². The molecule has 0 amide bonds. The van der Waals surface area contributed by atoms with E-state index in [4.69, 9.17) is 10.9 Å². The molecule has 0 aliphatic rings. The summed E-state index contributed by atoms with van der Waals surface area (Å²) in [4.78, 5) is 0. The quantitative estimate of drug-likeness (QED) is 0.375. The van der Waals surface area contributed by atoms with Gasteiger partial charge in [-0.3, -0.25) is 11.3 Å². The molecule has 0 heterocycles. The summed E-state index contributed by atoms with van der Waals surface area (Å²) in [6.45, 7) is 0.296. The molecule has 0 aliphatic heterocycles. The summed E-state index contributed by atoms with van der Waals surface area (Å²) < 4.78 is 0. The highest BCUT2D eigenvalue weighted by Crippen LogP contribution is 2.15. The van der Waals surface area contributed by atoms with Gasteiger partial charge in [-0.2, -0.15) is 0 Å². The Balaban J connectivity index is 2.68. The molecule has 1 unspecified atom stereocenters. The van der Waals surface area contributed by atoms with Crippen LogP contribution in [0.15, 0.2) is 24.3 Å². The van der Waals surface area contributed by atoms with E-state index in [1.54, 1.807) is 12.1 Å². The van der Waals surface area contributed by atoms with Crippen molar-refractivity contribution in [3.63, 3.8) is 0 Å². The van der Waals surface area contributed by atoms with Gasteiger partial charge in [0.15, 0.2) is 0 Å². The van der Waals surface area contributed by atoms with Crippen LogP contribution in [0.4, 0.5) is 0 Å². The average Bonchev–Trinajstić information content (AvgIpc) is 2.06. The molecule has 0 bridgehead atoms. The smallest absolute Gasteiger partial charge is 0.115 e. The van der Waals surface area contributed by atoms with Gasteiger partial charge in [-0.25, -0.2) is 0 Å². The molecule has 1 atom stereocenters. The Hall–Kier alpha value is -1.10. The fourth-order valence-corrected chi connectivity index (χ4v) is 0.926. The molecule has 12 heavy (non-hydrogen) atoms. The minimum atomic E-state index is -0.629. The molecule has 0 saturated heterocycles. The summed E-state index contributed by atoms with van der Waals surface area (Å²) in [7, 11) is 0. The number of hydrazine groups is 1. The van der Waals surface area contributed by atoms with E-state index in [-0.39, 0.29) is 5.75 Å². The van der Waals surface area contributed by atoms with Crippen LogP contribution in [-0.2, 0) is 0 Å². The fraction of sp³-hybridized carbons (Fsp3) is 0.250. The standard InChI is InChI=1S/C8H12N2O2/c9-10-5-8(12)6-1-3-7(11)4-2-6/h1-4,8,10-12H,5,9H2. The molecule has 1 aromatic carbocycles. The third-order valence-corrected chi connectivity index (χ3v) is 1.59. The normalized spacial score (nSPS) is 12.8. The van der Waals surface area contributed by atoms with E-state index in [1.165, 1.54) is 12.1 Å². The molecule has 4 heteroatoms. The monoisotopic (exact) mass is 168 g/mol. The number of aliphatic hydroxyl groups excluding tert-OH is 1. The largest absolute Gasteiger partial charge is 0.508 e. The number of aliphatic hydroxyl groups is 1. The third-order valence-electron chi connectivity index (χ3n) is 1.59. The lowest BCUT2D eigenvalue weighted by molar-refractivity contribution is 0.175. The van der Waals surface area contributed by atoms with Gasteiger partial charge in [0.25, 0.3) is 0 Å². The van der Waals surface area contributed by atoms with Crippen LogP contribution in [0.2, 0.25) is 0 Å². The molecule has 0 spiro atoms. The van der Waals surface area contributed by atoms with Crippen LogP contribution in [0.1, 0.15) is 11.7 Å². The third kappa shape index (κ3) is 2.20. The van der Waals surface area contributed by atoms with Gasteiger partial charge in [0.1, 0.15) is 5.75 Å². The van der Waals surface area contributed by atoms with Crippen molar-refractivity contribution in [2.24, 2.45) is 5.84 Å². The van der Waals surface area contributed by atoms with Gasteiger partial charge in [-0.05, 0) is 17.7 Å². The van der Waals surface area contributed by atoms with E-state index in [9.17, 15) is 5.11 Å². The van der Waals surface area contributed by atoms with Crippen molar-refractivity contribution < 1.29 is 10.2 Å². The number of phenolic OH excluding ortho intramolecular Hbond substituents is 1. The van der Waals surface area contributed by atoms with Crippen molar-refractivity contribution in [1.82, 2.24) is 5.43 Å². The first-order chi connectivity index (χ1) is 5.74. The summed E-state index contributed by atoms with van der Waals surface area (Å²) >= 11 is 0. The topological polar surface area (TPSA) is 78.5 Å². The van der Waals surface area contributed by atoms with Gasteiger partial charge in [-0.1, -0.05) is 12.1 Å². The van der Waals surface area contributed by atoms with E-state index in [2.05, 4.69) is 5.43 Å². The van der Waals surface area contributed by atoms with Crippen molar-refractivity contribution in [3.8, 4) is 5.75 Å². The van der Waals surface area contributed by atoms with Crippen LogP contribution in [0.5, 0.6) is 5.75 Å². The molecule has 66 valence electrons. The maximum atomic E-state index is 9.39. The number of hydrogen-bond acceptors (Lipinski definition) is 4. The lowest BCUT2D eigenvalue weighted by Crippen LogP contribution is -2.27. The van der Waals surface area contributed by atoms with Crippen molar-refractivity contribution in [2.45, 2.75) is 6.10 Å². The van der Waals surface area contributed by atoms with Crippen LogP contribution in [-0.4, -0.2) is 16.8 Å². The van der Waals surface area contributed by atoms with Gasteiger partial charge < -0.3 is 10.2 Å². The number of phenols is 1. The Morgan fingerprint density at radius 3 is 2.42 bits per heavy atom. The fourth-order valence-electron chi connectivity index (χ4n) is 0.926. The zero-order valence-electron chi connectivity index (χ0n) is 6.57. The predicted molar refractivity (Wildman–Crippen MR) is 45.3 cm³/mol. The second kappa shape index (κ2) is 4.06. The van der Waals surface area contributed by atoms with E-state index in [0.29, 0.717) is 6.54 Å². The first kappa shape index (κ1) is 8.99. The number of aromatic hydroxyl groups is 1. The van der Waals surface area contributed by atoms with Gasteiger partial charge in [-0.15, -0.1) is 0 Å². The summed E-state index contributed by atoms with van der Waals surface area (Å²) in [5.41, 5.74) is 3.10. The molecule has 1 aromatic rings. The van der Waals surface area contributed by atoms with Crippen molar-refractivity contribution in [1.29, 1.82) is 0 Å². The molecule has 0 fully saturated rings. The van der Waals surface area contributed by atoms with E-state index in [0.717, 1.165) is 5.56 Å². The lowest BCUT2D eigenvalue weighted by Gasteiger charge is -2.09. The van der Waals surface area contributed by atoms with E-state index >= 15 is 0 Å². The summed E-state index contributed by atoms with van der Waals surface area (Å²) in [5.74, 6) is 5.22. The minimum absolute atomic E-state index is 0.187. The highest BCUT2D eigenvalue weighted by Gasteiger charge is 2.04. The summed E-state index contributed by atoms with van der Waals surface area (Å²) in [6, 6.07) is 6.35. The van der Waals surface area contributed by atoms with E-state index < -0.39 is 6.10 Å². The maximum absolute atomic E-state index is 9.39. The number of benzene rings is 1. The van der Waals surface area contributed by atoms with Gasteiger partial charge in [0, 0.05) is 6.54 Å². The first-order valence-corrected chi connectivity index (χ1v) is 3.64. The number of hydrogen-bond donors (Lipinski definition) is 4. The van der Waals surface area contributed by atoms with Gasteiger partial charge in [0.05, 0.1) is 6.10 Å². The van der Waals surface area contributed by atoms with Crippen LogP contribution in [0.25, 0.3) is 0 Å². The molecule has 0 aromatic heterocycles. The zero-order valence-corrected chi connectivity index (χ0v) is 6.57. The molecular formula is C8H12N2O2.